The van der Waals surface area contributed by atoms with Crippen LogP contribution in [0.1, 0.15) is 61.1 Å². The van der Waals surface area contributed by atoms with E-state index in [4.69, 9.17) is 13.6 Å². The first-order valence-corrected chi connectivity index (χ1v) is 12.2. The van der Waals surface area contributed by atoms with Gasteiger partial charge in [-0.1, -0.05) is 53.7 Å². The van der Waals surface area contributed by atoms with Gasteiger partial charge < -0.3 is 18.9 Å². The summed E-state index contributed by atoms with van der Waals surface area (Å²) in [7, 11) is -2.60. The molecule has 8 nitrogen and oxygen atoms in total. The number of ether oxygens (including phenoxy) is 1. The van der Waals surface area contributed by atoms with Crippen LogP contribution in [0, 0.1) is 0 Å². The molecular weight excluding hydrogens is 402 g/mol. The van der Waals surface area contributed by atoms with Crippen molar-refractivity contribution >= 4 is 20.3 Å². The smallest absolute Gasteiger partial charge is 0.351 e. The van der Waals surface area contributed by atoms with Crippen molar-refractivity contribution in [2.75, 3.05) is 11.9 Å². The summed E-state index contributed by atoms with van der Waals surface area (Å²) in [5.74, 6) is -0.0562. The monoisotopic (exact) mass is 435 g/mol. The van der Waals surface area contributed by atoms with E-state index in [-0.39, 0.29) is 34.0 Å². The SMILES string of the molecule is CC(=O)Nc1ccn([C@H]2CC=C[C@@H]3O[Si](C(C)(C)C)(C(C)(C)C)OCC3O2)c(=O)n1. The fourth-order valence-electron chi connectivity index (χ4n) is 4.43. The van der Waals surface area contributed by atoms with Crippen molar-refractivity contribution in [1.29, 1.82) is 0 Å². The first kappa shape index (κ1) is 22.9. The Balaban J connectivity index is 1.83. The molecule has 9 heteroatoms. The van der Waals surface area contributed by atoms with E-state index < -0.39 is 20.5 Å². The molecule has 0 spiro atoms. The Kier molecular flexibility index (Phi) is 6.12. The molecule has 1 aromatic heterocycles. The van der Waals surface area contributed by atoms with Crippen LogP contribution in [-0.2, 0) is 18.4 Å². The van der Waals surface area contributed by atoms with Gasteiger partial charge >= 0.3 is 14.3 Å². The van der Waals surface area contributed by atoms with E-state index in [9.17, 15) is 9.59 Å². The lowest BCUT2D eigenvalue weighted by atomic mass is 10.2. The van der Waals surface area contributed by atoms with Crippen molar-refractivity contribution in [1.82, 2.24) is 9.55 Å². The summed E-state index contributed by atoms with van der Waals surface area (Å²) in [4.78, 5) is 27.6. The number of amides is 1. The number of hydrogen-bond acceptors (Lipinski definition) is 6. The zero-order valence-corrected chi connectivity index (χ0v) is 19.9. The van der Waals surface area contributed by atoms with Crippen molar-refractivity contribution in [2.24, 2.45) is 0 Å². The lowest BCUT2D eigenvalue weighted by Crippen LogP contribution is -2.64. The minimum absolute atomic E-state index is 0.115. The minimum Gasteiger partial charge on any atom is -0.391 e. The molecule has 1 fully saturated rings. The molecule has 3 rings (SSSR count). The second kappa shape index (κ2) is 8.03. The highest BCUT2D eigenvalue weighted by atomic mass is 28.4. The van der Waals surface area contributed by atoms with Crippen LogP contribution in [0.5, 0.6) is 0 Å². The predicted octanol–water partition coefficient (Wildman–Crippen LogP) is 3.50. The fraction of sp³-hybridized carbons (Fsp3) is 0.667. The van der Waals surface area contributed by atoms with Crippen LogP contribution < -0.4 is 11.0 Å². The third kappa shape index (κ3) is 4.30. The van der Waals surface area contributed by atoms with Gasteiger partial charge in [0.05, 0.1) is 12.7 Å². The van der Waals surface area contributed by atoms with Crippen molar-refractivity contribution in [3.05, 3.63) is 34.9 Å². The van der Waals surface area contributed by atoms with Crippen LogP contribution in [0.4, 0.5) is 5.82 Å². The van der Waals surface area contributed by atoms with Gasteiger partial charge in [0.15, 0.2) is 0 Å². The van der Waals surface area contributed by atoms with E-state index in [2.05, 4.69) is 51.8 Å². The van der Waals surface area contributed by atoms with E-state index in [0.717, 1.165) is 0 Å². The summed E-state index contributed by atoms with van der Waals surface area (Å²) in [6.45, 7) is 14.8. The Morgan fingerprint density at radius 2 is 1.90 bits per heavy atom. The third-order valence-electron chi connectivity index (χ3n) is 5.53. The predicted molar refractivity (Wildman–Crippen MR) is 116 cm³/mol. The number of rotatable bonds is 2. The number of nitrogens with zero attached hydrogens (tertiary/aromatic N) is 2. The topological polar surface area (TPSA) is 91.7 Å². The van der Waals surface area contributed by atoms with Crippen molar-refractivity contribution in [3.8, 4) is 0 Å². The molecule has 2 aliphatic rings. The average Bonchev–Trinajstić information content (AvgIpc) is 2.80. The Labute approximate surface area is 178 Å². The molecule has 3 atom stereocenters. The maximum atomic E-state index is 12.5. The summed E-state index contributed by atoms with van der Waals surface area (Å²) < 4.78 is 20.9. The molecule has 1 unspecified atom stereocenters. The molecular formula is C21H33N3O5Si. The Hall–Kier alpha value is -1.81. The van der Waals surface area contributed by atoms with E-state index in [0.29, 0.717) is 13.0 Å². The molecule has 1 saturated heterocycles. The summed E-state index contributed by atoms with van der Waals surface area (Å²) in [6, 6.07) is 1.59. The number of carbonyl (C=O) groups excluding carboxylic acids is 1. The quantitative estimate of drug-likeness (QED) is 0.565. The molecule has 166 valence electrons. The number of anilines is 1. The van der Waals surface area contributed by atoms with E-state index in [1.807, 2.05) is 12.2 Å². The molecule has 0 aliphatic carbocycles. The van der Waals surface area contributed by atoms with Crippen LogP contribution in [0.3, 0.4) is 0 Å². The molecule has 0 aromatic carbocycles. The van der Waals surface area contributed by atoms with Gasteiger partial charge in [0.1, 0.15) is 18.1 Å². The summed E-state index contributed by atoms with van der Waals surface area (Å²) >= 11 is 0. The third-order valence-corrected chi connectivity index (χ3v) is 10.7. The van der Waals surface area contributed by atoms with Crippen LogP contribution in [0.25, 0.3) is 0 Å². The second-order valence-electron chi connectivity index (χ2n) is 9.99. The van der Waals surface area contributed by atoms with Gasteiger partial charge in [-0.3, -0.25) is 9.36 Å². The first-order valence-electron chi connectivity index (χ1n) is 10.3. The molecule has 0 radical (unpaired) electrons. The maximum absolute atomic E-state index is 12.5. The molecule has 0 bridgehead atoms. The zero-order chi connectivity index (χ0) is 22.3. The van der Waals surface area contributed by atoms with Crippen LogP contribution >= 0.6 is 0 Å². The van der Waals surface area contributed by atoms with Gasteiger partial charge in [-0.15, -0.1) is 0 Å². The Morgan fingerprint density at radius 1 is 1.23 bits per heavy atom. The Morgan fingerprint density at radius 3 is 2.47 bits per heavy atom. The molecule has 1 N–H and O–H groups in total. The van der Waals surface area contributed by atoms with Gasteiger partial charge in [-0.05, 0) is 6.07 Å². The number of fused-ring (bicyclic) bond motifs is 1. The fourth-order valence-corrected chi connectivity index (χ4v) is 9.34. The number of carbonyl (C=O) groups is 1. The van der Waals surface area contributed by atoms with Crippen LogP contribution in [0.2, 0.25) is 10.1 Å². The normalized spacial score (nSPS) is 26.6. The highest BCUT2D eigenvalue weighted by Crippen LogP contribution is 2.54. The van der Waals surface area contributed by atoms with Gasteiger partial charge in [0.2, 0.25) is 5.91 Å². The Bertz CT molecular complexity index is 870. The highest BCUT2D eigenvalue weighted by Gasteiger charge is 2.62. The molecule has 3 heterocycles. The zero-order valence-electron chi connectivity index (χ0n) is 18.9. The van der Waals surface area contributed by atoms with E-state index in [1.165, 1.54) is 11.5 Å². The first-order chi connectivity index (χ1) is 13.8. The number of hydrogen-bond donors (Lipinski definition) is 1. The molecule has 0 saturated carbocycles. The maximum Gasteiger partial charge on any atom is 0.351 e. The van der Waals surface area contributed by atoms with Gasteiger partial charge in [0.25, 0.3) is 0 Å². The number of nitrogens with one attached hydrogen (secondary N) is 1. The van der Waals surface area contributed by atoms with Crippen molar-refractivity contribution in [2.45, 2.75) is 83.4 Å². The van der Waals surface area contributed by atoms with Crippen molar-refractivity contribution < 1.29 is 18.4 Å². The molecule has 1 amide bonds. The standard InChI is InChI=1S/C21H33N3O5Si/c1-14(25)22-17-11-12-24(19(26)23-17)18-10-8-9-15-16(28-18)13-27-30(29-15,20(2,3)4)21(5,6)7/h8-9,11-12,15-16,18H,10,13H2,1-7H3,(H,22,23,25,26)/t15-,16?,18+/m0/s1. The van der Waals surface area contributed by atoms with Crippen LogP contribution in [-0.4, -0.2) is 42.8 Å². The highest BCUT2D eigenvalue weighted by molar-refractivity contribution is 6.73. The van der Waals surface area contributed by atoms with Crippen LogP contribution in [0.15, 0.2) is 29.2 Å². The average molecular weight is 436 g/mol. The summed E-state index contributed by atoms with van der Waals surface area (Å²) in [5.41, 5.74) is -0.483. The molecule has 1 aromatic rings. The molecule has 30 heavy (non-hydrogen) atoms. The van der Waals surface area contributed by atoms with Gasteiger partial charge in [-0.2, -0.15) is 4.98 Å². The van der Waals surface area contributed by atoms with Gasteiger partial charge in [0, 0.05) is 29.6 Å². The van der Waals surface area contributed by atoms with E-state index >= 15 is 0 Å². The summed E-state index contributed by atoms with van der Waals surface area (Å²) in [5, 5.41) is 2.29. The largest absolute Gasteiger partial charge is 0.391 e. The van der Waals surface area contributed by atoms with Crippen molar-refractivity contribution in [3.63, 3.8) is 0 Å². The van der Waals surface area contributed by atoms with E-state index in [1.54, 1.807) is 12.3 Å². The lowest BCUT2D eigenvalue weighted by Gasteiger charge is -2.54. The second-order valence-corrected chi connectivity index (χ2v) is 14.7. The van der Waals surface area contributed by atoms with Gasteiger partial charge in [-0.25, -0.2) is 4.79 Å². The number of aromatic nitrogens is 2. The summed E-state index contributed by atoms with van der Waals surface area (Å²) in [6.07, 6.45) is 5.07. The molecule has 2 aliphatic heterocycles. The lowest BCUT2D eigenvalue weighted by molar-refractivity contribution is -0.134. The minimum atomic E-state index is -2.60.